The molecule has 1 aromatic carbocycles. The zero-order chi connectivity index (χ0) is 15.6. The van der Waals surface area contributed by atoms with Crippen LogP contribution in [0, 0.1) is 23.5 Å². The van der Waals surface area contributed by atoms with Crippen LogP contribution in [0.3, 0.4) is 0 Å². The van der Waals surface area contributed by atoms with Crippen LogP contribution in [0.5, 0.6) is 0 Å². The zero-order valence-corrected chi connectivity index (χ0v) is 11.3. The second kappa shape index (κ2) is 6.30. The Morgan fingerprint density at radius 1 is 1.10 bits per heavy atom. The second-order valence-electron chi connectivity index (χ2n) is 5.66. The number of benzene rings is 1. The van der Waals surface area contributed by atoms with Crippen molar-refractivity contribution in [1.29, 1.82) is 0 Å². The molecule has 0 radical (unpaired) electrons. The van der Waals surface area contributed by atoms with Gasteiger partial charge in [0.2, 0.25) is 0 Å². The van der Waals surface area contributed by atoms with Crippen LogP contribution in [-0.4, -0.2) is 17.4 Å². The van der Waals surface area contributed by atoms with Crippen LogP contribution in [0.4, 0.5) is 22.0 Å². The van der Waals surface area contributed by atoms with E-state index in [0.29, 0.717) is 0 Å². The molecular weight excluding hydrogens is 291 g/mol. The van der Waals surface area contributed by atoms with E-state index in [0.717, 1.165) is 12.1 Å². The lowest BCUT2D eigenvalue weighted by Crippen LogP contribution is -2.33. The van der Waals surface area contributed by atoms with Crippen molar-refractivity contribution in [3.05, 3.63) is 35.4 Å². The van der Waals surface area contributed by atoms with E-state index >= 15 is 0 Å². The van der Waals surface area contributed by atoms with Gasteiger partial charge in [0.15, 0.2) is 0 Å². The van der Waals surface area contributed by atoms with E-state index in [1.54, 1.807) is 0 Å². The summed E-state index contributed by atoms with van der Waals surface area (Å²) in [5.74, 6) is -3.01. The molecule has 0 aliphatic heterocycles. The minimum atomic E-state index is -4.18. The molecule has 6 heteroatoms. The molecule has 0 aromatic heterocycles. The summed E-state index contributed by atoms with van der Waals surface area (Å²) in [6.45, 7) is 0. The summed E-state index contributed by atoms with van der Waals surface area (Å²) in [5.41, 5.74) is 0.182. The van der Waals surface area contributed by atoms with Crippen LogP contribution in [0.15, 0.2) is 18.2 Å². The van der Waals surface area contributed by atoms with Gasteiger partial charge in [-0.2, -0.15) is 13.2 Å². The van der Waals surface area contributed by atoms with Gasteiger partial charge in [0.1, 0.15) is 11.6 Å². The maximum absolute atomic E-state index is 13.5. The summed E-state index contributed by atoms with van der Waals surface area (Å²) < 4.78 is 64.0. The van der Waals surface area contributed by atoms with E-state index in [1.165, 1.54) is 6.07 Å². The second-order valence-corrected chi connectivity index (χ2v) is 5.66. The first-order valence-electron chi connectivity index (χ1n) is 6.96. The fraction of sp³-hybridized carbons (Fsp3) is 0.600. The van der Waals surface area contributed by atoms with Crippen molar-refractivity contribution in [2.45, 2.75) is 44.4 Å². The van der Waals surface area contributed by atoms with E-state index in [-0.39, 0.29) is 43.6 Å². The molecule has 1 aliphatic rings. The van der Waals surface area contributed by atoms with Crippen molar-refractivity contribution in [3.8, 4) is 0 Å². The highest BCUT2D eigenvalue weighted by Gasteiger charge is 2.42. The standard InChI is InChI=1S/C15H17F5O/c16-12-6-3-10(13(17)8-12)7-14(21)9-1-4-11(5-2-9)15(18,19)20/h3,6,8-9,11,14,21H,1-2,4-5,7H2. The molecule has 1 nitrogen and oxygen atoms in total. The molecule has 1 N–H and O–H groups in total. The molecule has 1 aliphatic carbocycles. The Morgan fingerprint density at radius 2 is 1.71 bits per heavy atom. The Morgan fingerprint density at radius 3 is 2.24 bits per heavy atom. The average Bonchev–Trinajstić information content (AvgIpc) is 2.41. The predicted molar refractivity (Wildman–Crippen MR) is 67.6 cm³/mol. The van der Waals surface area contributed by atoms with Gasteiger partial charge in [-0.1, -0.05) is 6.07 Å². The molecule has 1 saturated carbocycles. The molecule has 1 aromatic rings. The van der Waals surface area contributed by atoms with Crippen molar-refractivity contribution in [3.63, 3.8) is 0 Å². The van der Waals surface area contributed by atoms with Crippen molar-refractivity contribution in [1.82, 2.24) is 0 Å². The number of aliphatic hydroxyl groups excluding tert-OH is 1. The van der Waals surface area contributed by atoms with Gasteiger partial charge in [-0.25, -0.2) is 8.78 Å². The first-order chi connectivity index (χ1) is 9.77. The maximum Gasteiger partial charge on any atom is 0.391 e. The molecule has 0 amide bonds. The number of hydrogen-bond donors (Lipinski definition) is 1. The van der Waals surface area contributed by atoms with Gasteiger partial charge in [-0.05, 0) is 43.2 Å². The molecule has 1 fully saturated rings. The summed E-state index contributed by atoms with van der Waals surface area (Å²) >= 11 is 0. The predicted octanol–water partition coefficient (Wildman–Crippen LogP) is 4.24. The Labute approximate surface area is 119 Å². The van der Waals surface area contributed by atoms with Crippen molar-refractivity contribution in [2.24, 2.45) is 11.8 Å². The van der Waals surface area contributed by atoms with Gasteiger partial charge in [0.05, 0.1) is 12.0 Å². The topological polar surface area (TPSA) is 20.2 Å². The number of halogens is 5. The Kier molecular flexibility index (Phi) is 4.86. The lowest BCUT2D eigenvalue weighted by atomic mass is 9.78. The molecule has 0 heterocycles. The molecule has 1 unspecified atom stereocenters. The van der Waals surface area contributed by atoms with E-state index in [1.807, 2.05) is 0 Å². The Hall–Kier alpha value is -1.17. The van der Waals surface area contributed by atoms with E-state index in [2.05, 4.69) is 0 Å². The van der Waals surface area contributed by atoms with Gasteiger partial charge in [0, 0.05) is 12.5 Å². The van der Waals surface area contributed by atoms with Crippen molar-refractivity contribution in [2.75, 3.05) is 0 Å². The van der Waals surface area contributed by atoms with Crippen LogP contribution in [0.1, 0.15) is 31.2 Å². The first-order valence-corrected chi connectivity index (χ1v) is 6.96. The molecule has 1 atom stereocenters. The quantitative estimate of drug-likeness (QED) is 0.828. The van der Waals surface area contributed by atoms with Crippen molar-refractivity contribution >= 4 is 0 Å². The molecule has 0 spiro atoms. The number of alkyl halides is 3. The van der Waals surface area contributed by atoms with Crippen LogP contribution in [0.2, 0.25) is 0 Å². The zero-order valence-electron chi connectivity index (χ0n) is 11.3. The minimum Gasteiger partial charge on any atom is -0.392 e. The third-order valence-corrected chi connectivity index (χ3v) is 4.22. The third kappa shape index (κ3) is 4.15. The Balaban J connectivity index is 1.92. The number of aliphatic hydroxyl groups is 1. The molecular formula is C15H17F5O. The van der Waals surface area contributed by atoms with Crippen LogP contribution in [0.25, 0.3) is 0 Å². The smallest absolute Gasteiger partial charge is 0.391 e. The van der Waals surface area contributed by atoms with Crippen molar-refractivity contribution < 1.29 is 27.1 Å². The Bertz CT molecular complexity index is 477. The van der Waals surface area contributed by atoms with E-state index < -0.39 is 29.8 Å². The van der Waals surface area contributed by atoms with Gasteiger partial charge >= 0.3 is 6.18 Å². The molecule has 0 saturated heterocycles. The highest BCUT2D eigenvalue weighted by atomic mass is 19.4. The van der Waals surface area contributed by atoms with Crippen LogP contribution < -0.4 is 0 Å². The average molecular weight is 308 g/mol. The highest BCUT2D eigenvalue weighted by molar-refractivity contribution is 5.19. The number of hydrogen-bond acceptors (Lipinski definition) is 1. The van der Waals surface area contributed by atoms with Gasteiger partial charge in [-0.3, -0.25) is 0 Å². The summed E-state index contributed by atoms with van der Waals surface area (Å²) in [6, 6.07) is 3.10. The summed E-state index contributed by atoms with van der Waals surface area (Å²) in [6.07, 6.45) is -4.55. The molecule has 21 heavy (non-hydrogen) atoms. The fourth-order valence-corrected chi connectivity index (χ4v) is 2.91. The lowest BCUT2D eigenvalue weighted by Gasteiger charge is -2.32. The first kappa shape index (κ1) is 16.2. The van der Waals surface area contributed by atoms with Crippen LogP contribution >= 0.6 is 0 Å². The molecule has 118 valence electrons. The third-order valence-electron chi connectivity index (χ3n) is 4.22. The van der Waals surface area contributed by atoms with E-state index in [9.17, 15) is 27.1 Å². The van der Waals surface area contributed by atoms with Gasteiger partial charge in [0.25, 0.3) is 0 Å². The highest BCUT2D eigenvalue weighted by Crippen LogP contribution is 2.40. The van der Waals surface area contributed by atoms with Gasteiger partial charge in [-0.15, -0.1) is 0 Å². The largest absolute Gasteiger partial charge is 0.392 e. The minimum absolute atomic E-state index is 0.00285. The fourth-order valence-electron chi connectivity index (χ4n) is 2.91. The summed E-state index contributed by atoms with van der Waals surface area (Å²) in [7, 11) is 0. The summed E-state index contributed by atoms with van der Waals surface area (Å²) in [4.78, 5) is 0. The van der Waals surface area contributed by atoms with Gasteiger partial charge < -0.3 is 5.11 Å². The lowest BCUT2D eigenvalue weighted by molar-refractivity contribution is -0.185. The normalized spacial score (nSPS) is 24.9. The monoisotopic (exact) mass is 308 g/mol. The molecule has 0 bridgehead atoms. The van der Waals surface area contributed by atoms with Crippen LogP contribution in [-0.2, 0) is 6.42 Å². The maximum atomic E-state index is 13.5. The van der Waals surface area contributed by atoms with E-state index in [4.69, 9.17) is 0 Å². The summed E-state index contributed by atoms with van der Waals surface area (Å²) in [5, 5.41) is 10.1. The number of rotatable bonds is 3. The SMILES string of the molecule is OC(Cc1ccc(F)cc1F)C1CCC(C(F)(F)F)CC1. The molecule has 2 rings (SSSR count).